The number of carbonyl (C=O) groups excluding carboxylic acids is 2. The minimum atomic E-state index is -0.528. The maximum absolute atomic E-state index is 12.3. The second kappa shape index (κ2) is 4.17. The SMILES string of the molecule is COC(=O)C1CSC=C2c3ccccc3C(=O)N21. The molecule has 2 heterocycles. The minimum Gasteiger partial charge on any atom is -0.467 e. The number of nitrogens with zero attached hydrogens (tertiary/aromatic N) is 1. The summed E-state index contributed by atoms with van der Waals surface area (Å²) in [6, 6.07) is 6.88. The first-order valence-corrected chi connectivity index (χ1v) is 6.61. The van der Waals surface area contributed by atoms with Gasteiger partial charge in [-0.3, -0.25) is 9.69 Å². The van der Waals surface area contributed by atoms with Crippen LogP contribution >= 0.6 is 11.8 Å². The second-order valence-corrected chi connectivity index (χ2v) is 5.00. The molecule has 0 saturated heterocycles. The lowest BCUT2D eigenvalue weighted by Gasteiger charge is -2.29. The van der Waals surface area contributed by atoms with Crippen LogP contribution in [0.3, 0.4) is 0 Å². The molecule has 1 unspecified atom stereocenters. The van der Waals surface area contributed by atoms with Crippen molar-refractivity contribution >= 4 is 29.3 Å². The van der Waals surface area contributed by atoms with Crippen LogP contribution in [-0.2, 0) is 9.53 Å². The van der Waals surface area contributed by atoms with Crippen molar-refractivity contribution in [2.45, 2.75) is 6.04 Å². The van der Waals surface area contributed by atoms with E-state index in [9.17, 15) is 9.59 Å². The van der Waals surface area contributed by atoms with E-state index in [2.05, 4.69) is 0 Å². The van der Waals surface area contributed by atoms with Gasteiger partial charge in [0, 0.05) is 16.9 Å². The standard InChI is InChI=1S/C13H11NO3S/c1-17-13(16)11-7-18-6-10-8-4-2-3-5-9(8)12(15)14(10)11/h2-6,11H,7H2,1H3. The quantitative estimate of drug-likeness (QED) is 0.722. The number of fused-ring (bicyclic) bond motifs is 3. The zero-order valence-corrected chi connectivity index (χ0v) is 10.6. The first-order chi connectivity index (χ1) is 8.74. The summed E-state index contributed by atoms with van der Waals surface area (Å²) in [5.41, 5.74) is 2.35. The summed E-state index contributed by atoms with van der Waals surface area (Å²) in [5, 5.41) is 1.93. The van der Waals surface area contributed by atoms with Crippen LogP contribution in [0.1, 0.15) is 15.9 Å². The molecule has 0 fully saturated rings. The van der Waals surface area contributed by atoms with Crippen molar-refractivity contribution in [2.24, 2.45) is 0 Å². The molecule has 1 atom stereocenters. The van der Waals surface area contributed by atoms with Gasteiger partial charge in [0.15, 0.2) is 0 Å². The molecule has 0 spiro atoms. The normalized spacial score (nSPS) is 21.2. The molecular formula is C13H11NO3S. The molecule has 1 amide bonds. The highest BCUT2D eigenvalue weighted by atomic mass is 32.2. The molecule has 0 bridgehead atoms. The molecule has 0 aliphatic carbocycles. The van der Waals surface area contributed by atoms with Gasteiger partial charge in [0.25, 0.3) is 5.91 Å². The van der Waals surface area contributed by atoms with Crippen molar-refractivity contribution in [2.75, 3.05) is 12.9 Å². The minimum absolute atomic E-state index is 0.118. The summed E-state index contributed by atoms with van der Waals surface area (Å²) < 4.78 is 4.77. The summed E-state index contributed by atoms with van der Waals surface area (Å²) in [6.07, 6.45) is 0. The van der Waals surface area contributed by atoms with E-state index in [4.69, 9.17) is 4.74 Å². The van der Waals surface area contributed by atoms with Crippen LogP contribution in [0.2, 0.25) is 0 Å². The summed E-state index contributed by atoms with van der Waals surface area (Å²) in [5.74, 6) is 0.0532. The first-order valence-electron chi connectivity index (χ1n) is 5.56. The molecule has 1 aromatic rings. The van der Waals surface area contributed by atoms with Crippen molar-refractivity contribution in [1.82, 2.24) is 4.90 Å². The van der Waals surface area contributed by atoms with Crippen molar-refractivity contribution in [1.29, 1.82) is 0 Å². The van der Waals surface area contributed by atoms with Crippen molar-refractivity contribution < 1.29 is 14.3 Å². The van der Waals surface area contributed by atoms with Crippen molar-refractivity contribution in [3.63, 3.8) is 0 Å². The fourth-order valence-electron chi connectivity index (χ4n) is 2.29. The summed E-state index contributed by atoms with van der Waals surface area (Å²) in [7, 11) is 1.35. The van der Waals surface area contributed by atoms with E-state index in [1.54, 1.807) is 11.0 Å². The van der Waals surface area contributed by atoms with E-state index in [1.165, 1.54) is 18.9 Å². The van der Waals surface area contributed by atoms with Gasteiger partial charge in [0.05, 0.1) is 12.8 Å². The van der Waals surface area contributed by atoms with E-state index in [0.29, 0.717) is 11.3 Å². The van der Waals surface area contributed by atoms with E-state index < -0.39 is 6.04 Å². The highest BCUT2D eigenvalue weighted by Crippen LogP contribution is 2.39. The average molecular weight is 261 g/mol. The van der Waals surface area contributed by atoms with Gasteiger partial charge in [-0.2, -0.15) is 0 Å². The van der Waals surface area contributed by atoms with E-state index >= 15 is 0 Å². The maximum Gasteiger partial charge on any atom is 0.329 e. The molecular weight excluding hydrogens is 250 g/mol. The third kappa shape index (κ3) is 1.47. The van der Waals surface area contributed by atoms with Gasteiger partial charge in [-0.05, 0) is 11.5 Å². The molecule has 92 valence electrons. The van der Waals surface area contributed by atoms with Gasteiger partial charge in [0.2, 0.25) is 0 Å². The van der Waals surface area contributed by atoms with Crippen molar-refractivity contribution in [3.8, 4) is 0 Å². The Morgan fingerprint density at radius 3 is 2.83 bits per heavy atom. The number of benzene rings is 1. The Hall–Kier alpha value is -1.75. The molecule has 2 aliphatic heterocycles. The van der Waals surface area contributed by atoms with E-state index in [0.717, 1.165) is 11.3 Å². The topological polar surface area (TPSA) is 46.6 Å². The Labute approximate surface area is 109 Å². The van der Waals surface area contributed by atoms with Crippen LogP contribution in [0.4, 0.5) is 0 Å². The number of amides is 1. The number of ether oxygens (including phenoxy) is 1. The van der Waals surface area contributed by atoms with E-state index in [-0.39, 0.29) is 11.9 Å². The number of methoxy groups -OCH3 is 1. The van der Waals surface area contributed by atoms with Crippen molar-refractivity contribution in [3.05, 3.63) is 40.8 Å². The van der Waals surface area contributed by atoms with Crippen LogP contribution in [0.15, 0.2) is 29.7 Å². The molecule has 0 radical (unpaired) electrons. The monoisotopic (exact) mass is 261 g/mol. The van der Waals surface area contributed by atoms with Crippen LogP contribution in [0, 0.1) is 0 Å². The molecule has 3 rings (SSSR count). The fourth-order valence-corrected chi connectivity index (χ4v) is 3.26. The number of rotatable bonds is 1. The predicted molar refractivity (Wildman–Crippen MR) is 68.9 cm³/mol. The van der Waals surface area contributed by atoms with Crippen LogP contribution in [-0.4, -0.2) is 35.7 Å². The summed E-state index contributed by atoms with van der Waals surface area (Å²) >= 11 is 1.53. The summed E-state index contributed by atoms with van der Waals surface area (Å²) in [4.78, 5) is 25.6. The Morgan fingerprint density at radius 2 is 2.11 bits per heavy atom. The second-order valence-electron chi connectivity index (χ2n) is 4.10. The summed E-state index contributed by atoms with van der Waals surface area (Å²) in [6.45, 7) is 0. The van der Waals surface area contributed by atoms with Gasteiger partial charge in [-0.15, -0.1) is 11.8 Å². The number of esters is 1. The third-order valence-electron chi connectivity index (χ3n) is 3.15. The molecule has 4 nitrogen and oxygen atoms in total. The molecule has 0 N–H and O–H groups in total. The Kier molecular flexibility index (Phi) is 2.63. The maximum atomic E-state index is 12.3. The Morgan fingerprint density at radius 1 is 1.39 bits per heavy atom. The highest BCUT2D eigenvalue weighted by molar-refractivity contribution is 8.02. The Bertz CT molecular complexity index is 567. The third-order valence-corrected chi connectivity index (χ3v) is 4.04. The number of hydrogen-bond donors (Lipinski definition) is 0. The lowest BCUT2D eigenvalue weighted by molar-refractivity contribution is -0.144. The van der Waals surface area contributed by atoms with Gasteiger partial charge in [0.1, 0.15) is 6.04 Å². The molecule has 1 aromatic carbocycles. The Balaban J connectivity index is 2.09. The first kappa shape index (κ1) is 11.3. The zero-order chi connectivity index (χ0) is 12.7. The lowest BCUT2D eigenvalue weighted by Crippen LogP contribution is -2.44. The lowest BCUT2D eigenvalue weighted by atomic mass is 10.1. The molecule has 2 aliphatic rings. The largest absolute Gasteiger partial charge is 0.467 e. The van der Waals surface area contributed by atoms with Gasteiger partial charge in [-0.25, -0.2) is 4.79 Å². The smallest absolute Gasteiger partial charge is 0.329 e. The van der Waals surface area contributed by atoms with E-state index in [1.807, 2.05) is 23.6 Å². The molecule has 18 heavy (non-hydrogen) atoms. The van der Waals surface area contributed by atoms with Gasteiger partial charge in [-0.1, -0.05) is 18.2 Å². The zero-order valence-electron chi connectivity index (χ0n) is 9.75. The van der Waals surface area contributed by atoms with Crippen LogP contribution < -0.4 is 0 Å². The molecule has 0 saturated carbocycles. The average Bonchev–Trinajstić information content (AvgIpc) is 2.72. The number of hydrogen-bond acceptors (Lipinski definition) is 4. The fraction of sp³-hybridized carbons (Fsp3) is 0.231. The van der Waals surface area contributed by atoms with Crippen LogP contribution in [0.5, 0.6) is 0 Å². The molecule has 5 heteroatoms. The van der Waals surface area contributed by atoms with Crippen LogP contribution in [0.25, 0.3) is 5.70 Å². The predicted octanol–water partition coefficient (Wildman–Crippen LogP) is 1.73. The van der Waals surface area contributed by atoms with Gasteiger partial charge >= 0.3 is 5.97 Å². The number of thioether (sulfide) groups is 1. The van der Waals surface area contributed by atoms with Gasteiger partial charge < -0.3 is 4.74 Å². The molecule has 0 aromatic heterocycles. The highest BCUT2D eigenvalue weighted by Gasteiger charge is 2.42. The number of carbonyl (C=O) groups is 2.